The van der Waals surface area contributed by atoms with Crippen LogP contribution in [0.4, 0.5) is 18.0 Å². The molecule has 1 atom stereocenters. The number of thioether (sulfide) groups is 1. The molecular weight excluding hydrogens is 347 g/mol. The van der Waals surface area contributed by atoms with Crippen LogP contribution in [0.5, 0.6) is 0 Å². The molecule has 128 valence electrons. The topological polar surface area (TPSA) is 63.7 Å². The van der Waals surface area contributed by atoms with Gasteiger partial charge in [-0.3, -0.25) is 14.5 Å². The third kappa shape index (κ3) is 3.61. The van der Waals surface area contributed by atoms with Gasteiger partial charge in [0.1, 0.15) is 6.04 Å². The Hall–Kier alpha value is -2.29. The maximum absolute atomic E-state index is 12.7. The fraction of sp³-hybridized carbons (Fsp3) is 0.267. The van der Waals surface area contributed by atoms with Gasteiger partial charge >= 0.3 is 12.1 Å². The number of hydrogen-bond acceptors (Lipinski definition) is 5. The number of carbonyl (C=O) groups excluding carboxylic acids is 3. The normalized spacial score (nSPS) is 18.2. The molecule has 1 aliphatic heterocycles. The number of halogens is 3. The molecular formula is C15H12F3NO4S. The average molecular weight is 359 g/mol. The summed E-state index contributed by atoms with van der Waals surface area (Å²) >= 11 is 0.556. The lowest BCUT2D eigenvalue weighted by atomic mass is 10.1. The van der Waals surface area contributed by atoms with Gasteiger partial charge in [-0.15, -0.1) is 0 Å². The second-order valence-corrected chi connectivity index (χ2v) is 5.87. The molecule has 24 heavy (non-hydrogen) atoms. The summed E-state index contributed by atoms with van der Waals surface area (Å²) in [6.07, 6.45) is -3.33. The minimum Gasteiger partial charge on any atom is -0.467 e. The van der Waals surface area contributed by atoms with Crippen molar-refractivity contribution in [3.8, 4) is 0 Å². The number of carbonyl (C=O) groups is 3. The monoisotopic (exact) mass is 359 g/mol. The van der Waals surface area contributed by atoms with Gasteiger partial charge in [0, 0.05) is 0 Å². The fourth-order valence-corrected chi connectivity index (χ4v) is 2.95. The number of nitrogens with zero attached hydrogens (tertiary/aromatic N) is 1. The Labute approximate surface area is 139 Å². The van der Waals surface area contributed by atoms with E-state index in [1.165, 1.54) is 25.1 Å². The van der Waals surface area contributed by atoms with E-state index in [9.17, 15) is 27.6 Å². The molecule has 1 heterocycles. The number of imide groups is 1. The quantitative estimate of drug-likeness (QED) is 0.612. The summed E-state index contributed by atoms with van der Waals surface area (Å²) in [5, 5.41) is -0.684. The van der Waals surface area contributed by atoms with E-state index in [2.05, 4.69) is 4.74 Å². The van der Waals surface area contributed by atoms with Crippen molar-refractivity contribution in [3.05, 3.63) is 40.3 Å². The summed E-state index contributed by atoms with van der Waals surface area (Å²) in [5.41, 5.74) is -0.737. The summed E-state index contributed by atoms with van der Waals surface area (Å²) in [6, 6.07) is 3.25. The number of rotatable bonds is 3. The summed E-state index contributed by atoms with van der Waals surface area (Å²) in [5.74, 6) is -1.52. The van der Waals surface area contributed by atoms with Crippen molar-refractivity contribution in [3.63, 3.8) is 0 Å². The molecule has 0 aliphatic carbocycles. The van der Waals surface area contributed by atoms with E-state index in [1.54, 1.807) is 0 Å². The van der Waals surface area contributed by atoms with E-state index < -0.39 is 34.9 Å². The average Bonchev–Trinajstić information content (AvgIpc) is 2.79. The Morgan fingerprint density at radius 1 is 1.33 bits per heavy atom. The predicted molar refractivity (Wildman–Crippen MR) is 80.7 cm³/mol. The number of benzene rings is 1. The molecule has 9 heteroatoms. The van der Waals surface area contributed by atoms with Crippen molar-refractivity contribution in [2.45, 2.75) is 19.1 Å². The molecule has 2 amide bonds. The molecule has 0 aromatic heterocycles. The molecule has 1 unspecified atom stereocenters. The lowest BCUT2D eigenvalue weighted by Crippen LogP contribution is -2.42. The third-order valence-corrected chi connectivity index (χ3v) is 4.15. The molecule has 0 N–H and O–H groups in total. The van der Waals surface area contributed by atoms with Gasteiger partial charge in [-0.05, 0) is 42.5 Å². The van der Waals surface area contributed by atoms with Crippen LogP contribution in [0.15, 0.2) is 29.2 Å². The Morgan fingerprint density at radius 2 is 2.00 bits per heavy atom. The van der Waals surface area contributed by atoms with E-state index in [0.29, 0.717) is 11.8 Å². The van der Waals surface area contributed by atoms with Crippen LogP contribution >= 0.6 is 11.8 Å². The first kappa shape index (κ1) is 18.1. The number of amides is 2. The highest BCUT2D eigenvalue weighted by Gasteiger charge is 2.41. The smallest absolute Gasteiger partial charge is 0.416 e. The van der Waals surface area contributed by atoms with Crippen LogP contribution in [-0.4, -0.2) is 35.2 Å². The number of alkyl halides is 3. The Bertz CT molecular complexity index is 730. The standard InChI is InChI=1S/C15H12F3NO4S/c1-8(13(21)23-2)19-12(20)11(24-14(19)22)7-9-4-3-5-10(6-9)15(16,17)18/h3-8H,1-2H3. The maximum Gasteiger partial charge on any atom is 0.416 e. The van der Waals surface area contributed by atoms with Crippen molar-refractivity contribution < 1.29 is 32.3 Å². The van der Waals surface area contributed by atoms with Crippen LogP contribution in [0.25, 0.3) is 6.08 Å². The van der Waals surface area contributed by atoms with E-state index >= 15 is 0 Å². The second kappa shape index (κ2) is 6.68. The van der Waals surface area contributed by atoms with Gasteiger partial charge in [-0.1, -0.05) is 12.1 Å². The minimum absolute atomic E-state index is 0.0601. The van der Waals surface area contributed by atoms with Gasteiger partial charge in [0.05, 0.1) is 17.6 Å². The third-order valence-electron chi connectivity index (χ3n) is 3.26. The van der Waals surface area contributed by atoms with E-state index in [1.807, 2.05) is 0 Å². The van der Waals surface area contributed by atoms with Gasteiger partial charge in [0.15, 0.2) is 0 Å². The van der Waals surface area contributed by atoms with Crippen molar-refractivity contribution >= 4 is 35.0 Å². The van der Waals surface area contributed by atoms with Crippen LogP contribution in [-0.2, 0) is 20.5 Å². The number of methoxy groups -OCH3 is 1. The first-order valence-corrected chi connectivity index (χ1v) is 7.49. The maximum atomic E-state index is 12.7. The van der Waals surface area contributed by atoms with Crippen molar-refractivity contribution in [1.82, 2.24) is 4.90 Å². The van der Waals surface area contributed by atoms with Crippen LogP contribution < -0.4 is 0 Å². The zero-order valence-corrected chi connectivity index (χ0v) is 13.4. The molecule has 0 spiro atoms. The van der Waals surface area contributed by atoms with Gasteiger partial charge in [-0.2, -0.15) is 13.2 Å². The highest BCUT2D eigenvalue weighted by atomic mass is 32.2. The van der Waals surface area contributed by atoms with Crippen molar-refractivity contribution in [2.24, 2.45) is 0 Å². The highest BCUT2D eigenvalue weighted by Crippen LogP contribution is 2.35. The minimum atomic E-state index is -4.51. The van der Waals surface area contributed by atoms with Crippen molar-refractivity contribution in [1.29, 1.82) is 0 Å². The van der Waals surface area contributed by atoms with Gasteiger partial charge in [-0.25, -0.2) is 4.79 Å². The molecule has 1 fully saturated rings. The lowest BCUT2D eigenvalue weighted by molar-refractivity contribution is -0.148. The Balaban J connectivity index is 2.31. The zero-order chi connectivity index (χ0) is 18.1. The molecule has 1 aromatic carbocycles. The van der Waals surface area contributed by atoms with E-state index in [-0.39, 0.29) is 10.5 Å². The van der Waals surface area contributed by atoms with Gasteiger partial charge in [0.25, 0.3) is 11.1 Å². The SMILES string of the molecule is COC(=O)C(C)N1C(=O)SC(=Cc2cccc(C(F)(F)F)c2)C1=O. The molecule has 0 saturated carbocycles. The summed E-state index contributed by atoms with van der Waals surface area (Å²) in [4.78, 5) is 36.3. The van der Waals surface area contributed by atoms with Gasteiger partial charge < -0.3 is 4.74 Å². The summed E-state index contributed by atoms with van der Waals surface area (Å²) < 4.78 is 42.6. The van der Waals surface area contributed by atoms with Crippen LogP contribution in [0, 0.1) is 0 Å². The number of esters is 1. The zero-order valence-electron chi connectivity index (χ0n) is 12.6. The lowest BCUT2D eigenvalue weighted by Gasteiger charge is -2.18. The summed E-state index contributed by atoms with van der Waals surface area (Å²) in [6.45, 7) is 1.33. The second-order valence-electron chi connectivity index (χ2n) is 4.87. The summed E-state index contributed by atoms with van der Waals surface area (Å²) in [7, 11) is 1.12. The largest absolute Gasteiger partial charge is 0.467 e. The van der Waals surface area contributed by atoms with E-state index in [0.717, 1.165) is 24.1 Å². The number of ether oxygens (including phenoxy) is 1. The number of hydrogen-bond donors (Lipinski definition) is 0. The van der Waals surface area contributed by atoms with Crippen LogP contribution in [0.1, 0.15) is 18.1 Å². The fourth-order valence-electron chi connectivity index (χ4n) is 2.05. The highest BCUT2D eigenvalue weighted by molar-refractivity contribution is 8.18. The van der Waals surface area contributed by atoms with E-state index in [4.69, 9.17) is 0 Å². The molecule has 1 saturated heterocycles. The predicted octanol–water partition coefficient (Wildman–Crippen LogP) is 3.30. The first-order chi connectivity index (χ1) is 11.1. The van der Waals surface area contributed by atoms with Crippen LogP contribution in [0.3, 0.4) is 0 Å². The van der Waals surface area contributed by atoms with Crippen molar-refractivity contribution in [2.75, 3.05) is 7.11 Å². The Kier molecular flexibility index (Phi) is 5.02. The molecule has 1 aromatic rings. The molecule has 5 nitrogen and oxygen atoms in total. The molecule has 1 aliphatic rings. The molecule has 2 rings (SSSR count). The molecule has 0 bridgehead atoms. The Morgan fingerprint density at radius 3 is 2.58 bits per heavy atom. The first-order valence-electron chi connectivity index (χ1n) is 6.67. The van der Waals surface area contributed by atoms with Gasteiger partial charge in [0.2, 0.25) is 0 Å². The van der Waals surface area contributed by atoms with Crippen LogP contribution in [0.2, 0.25) is 0 Å². The molecule has 0 radical (unpaired) electrons.